The van der Waals surface area contributed by atoms with Gasteiger partial charge in [0, 0.05) is 0 Å². The van der Waals surface area contributed by atoms with Crippen molar-refractivity contribution in [1.82, 2.24) is 0 Å². The molecular formula is C14H17NO3. The van der Waals surface area contributed by atoms with Gasteiger partial charge in [0.25, 0.3) is 0 Å². The Hall–Kier alpha value is -1.80. The first-order valence-electron chi connectivity index (χ1n) is 6.11. The number of carbonyl (C=O) groups excluding carboxylic acids is 1. The molecule has 4 heteroatoms. The molecule has 0 spiro atoms. The number of aryl methyl sites for hydroxylation is 1. The lowest BCUT2D eigenvalue weighted by Gasteiger charge is -2.26. The van der Waals surface area contributed by atoms with E-state index in [1.54, 1.807) is 19.3 Å². The van der Waals surface area contributed by atoms with Crippen LogP contribution in [-0.4, -0.2) is 18.3 Å². The molecule has 0 bridgehead atoms. The fraction of sp³-hybridized carbons (Fsp3) is 0.500. The molecule has 0 saturated heterocycles. The number of hydrogen-bond donors (Lipinski definition) is 1. The fourth-order valence-corrected chi connectivity index (χ4v) is 2.76. The predicted octanol–water partition coefficient (Wildman–Crippen LogP) is 2.81. The van der Waals surface area contributed by atoms with Gasteiger partial charge < -0.3 is 9.84 Å². The molecule has 0 aromatic heterocycles. The standard InChI is InChI=1S/C14H17NO3/c1-10-5-6-11(18-2)12(13(10)17)14(15-9-16)7-3-4-8-14/h5-6,17H,3-4,7-8H2,1-2H3. The van der Waals surface area contributed by atoms with Crippen molar-refractivity contribution < 1.29 is 14.6 Å². The van der Waals surface area contributed by atoms with Crippen molar-refractivity contribution in [2.45, 2.75) is 38.1 Å². The number of phenols is 1. The van der Waals surface area contributed by atoms with Crippen LogP contribution in [0.25, 0.3) is 0 Å². The number of rotatable bonds is 3. The molecule has 1 aliphatic rings. The summed E-state index contributed by atoms with van der Waals surface area (Å²) in [5.74, 6) is 0.759. The van der Waals surface area contributed by atoms with E-state index >= 15 is 0 Å². The summed E-state index contributed by atoms with van der Waals surface area (Å²) in [7, 11) is 1.56. The third-order valence-corrected chi connectivity index (χ3v) is 3.72. The first-order valence-corrected chi connectivity index (χ1v) is 6.11. The van der Waals surface area contributed by atoms with E-state index in [9.17, 15) is 9.90 Å². The Labute approximate surface area is 106 Å². The molecule has 1 saturated carbocycles. The lowest BCUT2D eigenvalue weighted by molar-refractivity contribution is 0.359. The van der Waals surface area contributed by atoms with E-state index < -0.39 is 5.54 Å². The summed E-state index contributed by atoms with van der Waals surface area (Å²) in [6.07, 6.45) is 5.12. The highest BCUT2D eigenvalue weighted by Crippen LogP contribution is 2.49. The van der Waals surface area contributed by atoms with Crippen LogP contribution < -0.4 is 4.74 Å². The number of ether oxygens (including phenoxy) is 1. The molecule has 4 nitrogen and oxygen atoms in total. The zero-order chi connectivity index (χ0) is 13.2. The van der Waals surface area contributed by atoms with E-state index in [4.69, 9.17) is 4.74 Å². The smallest absolute Gasteiger partial charge is 0.235 e. The number of aromatic hydroxyl groups is 1. The van der Waals surface area contributed by atoms with Gasteiger partial charge in [0.1, 0.15) is 17.0 Å². The van der Waals surface area contributed by atoms with Crippen LogP contribution in [0.1, 0.15) is 36.8 Å². The van der Waals surface area contributed by atoms with Crippen LogP contribution in [0, 0.1) is 6.92 Å². The molecule has 1 fully saturated rings. The van der Waals surface area contributed by atoms with Crippen LogP contribution in [0.3, 0.4) is 0 Å². The predicted molar refractivity (Wildman–Crippen MR) is 67.7 cm³/mol. The van der Waals surface area contributed by atoms with Crippen LogP contribution in [0.5, 0.6) is 11.5 Å². The molecule has 1 aromatic carbocycles. The SMILES string of the molecule is COc1ccc(C)c(O)c1C1(N=C=O)CCCC1. The molecule has 0 unspecified atom stereocenters. The Kier molecular flexibility index (Phi) is 3.39. The van der Waals surface area contributed by atoms with E-state index in [2.05, 4.69) is 4.99 Å². The summed E-state index contributed by atoms with van der Waals surface area (Å²) in [6, 6.07) is 3.61. The summed E-state index contributed by atoms with van der Waals surface area (Å²) in [5, 5.41) is 10.3. The Bertz CT molecular complexity index is 498. The van der Waals surface area contributed by atoms with Gasteiger partial charge in [-0.1, -0.05) is 18.9 Å². The van der Waals surface area contributed by atoms with Gasteiger partial charge in [0.05, 0.1) is 12.7 Å². The highest BCUT2D eigenvalue weighted by molar-refractivity contribution is 5.54. The molecule has 18 heavy (non-hydrogen) atoms. The quantitative estimate of drug-likeness (QED) is 0.660. The van der Waals surface area contributed by atoms with E-state index in [1.807, 2.05) is 13.0 Å². The zero-order valence-corrected chi connectivity index (χ0v) is 10.7. The van der Waals surface area contributed by atoms with Crippen LogP contribution in [0.2, 0.25) is 0 Å². The Balaban J connectivity index is 2.67. The van der Waals surface area contributed by atoms with E-state index in [0.29, 0.717) is 11.3 Å². The second-order valence-corrected chi connectivity index (χ2v) is 4.75. The van der Waals surface area contributed by atoms with Gasteiger partial charge in [-0.2, -0.15) is 4.99 Å². The van der Waals surface area contributed by atoms with Gasteiger partial charge in [-0.3, -0.25) is 0 Å². The summed E-state index contributed by atoms with van der Waals surface area (Å²) in [4.78, 5) is 14.7. The van der Waals surface area contributed by atoms with Crippen molar-refractivity contribution in [2.24, 2.45) is 4.99 Å². The molecule has 2 rings (SSSR count). The molecule has 0 amide bonds. The number of benzene rings is 1. The van der Waals surface area contributed by atoms with Gasteiger partial charge in [0.15, 0.2) is 0 Å². The summed E-state index contributed by atoms with van der Waals surface area (Å²) in [5.41, 5.74) is 0.729. The molecular weight excluding hydrogens is 230 g/mol. The van der Waals surface area contributed by atoms with Crippen molar-refractivity contribution in [1.29, 1.82) is 0 Å². The van der Waals surface area contributed by atoms with Gasteiger partial charge in [-0.25, -0.2) is 4.79 Å². The minimum absolute atomic E-state index is 0.176. The monoisotopic (exact) mass is 247 g/mol. The van der Waals surface area contributed by atoms with Crippen LogP contribution in [0.15, 0.2) is 17.1 Å². The minimum Gasteiger partial charge on any atom is -0.507 e. The largest absolute Gasteiger partial charge is 0.507 e. The number of phenolic OH excluding ortho intramolecular Hbond substituents is 1. The maximum Gasteiger partial charge on any atom is 0.235 e. The first-order chi connectivity index (χ1) is 8.64. The molecule has 0 aliphatic heterocycles. The molecule has 0 heterocycles. The maximum atomic E-state index is 10.7. The summed E-state index contributed by atoms with van der Waals surface area (Å²) >= 11 is 0. The van der Waals surface area contributed by atoms with Crippen molar-refractivity contribution in [3.05, 3.63) is 23.3 Å². The topological polar surface area (TPSA) is 58.9 Å². The average Bonchev–Trinajstić information content (AvgIpc) is 2.82. The third kappa shape index (κ3) is 1.89. The average molecular weight is 247 g/mol. The second kappa shape index (κ2) is 4.83. The summed E-state index contributed by atoms with van der Waals surface area (Å²) < 4.78 is 5.32. The van der Waals surface area contributed by atoms with E-state index in [0.717, 1.165) is 31.2 Å². The van der Waals surface area contributed by atoms with E-state index in [1.165, 1.54) is 0 Å². The number of nitrogens with zero attached hydrogens (tertiary/aromatic N) is 1. The molecule has 1 N–H and O–H groups in total. The third-order valence-electron chi connectivity index (χ3n) is 3.72. The molecule has 1 aromatic rings. The minimum atomic E-state index is -0.663. The molecule has 96 valence electrons. The normalized spacial score (nSPS) is 17.2. The summed E-state index contributed by atoms with van der Waals surface area (Å²) in [6.45, 7) is 1.82. The Morgan fingerprint density at radius 2 is 2.06 bits per heavy atom. The number of isocyanates is 1. The van der Waals surface area contributed by atoms with Gasteiger partial charge in [0.2, 0.25) is 6.08 Å². The van der Waals surface area contributed by atoms with Gasteiger partial charge in [-0.15, -0.1) is 0 Å². The maximum absolute atomic E-state index is 10.7. The van der Waals surface area contributed by atoms with Crippen molar-refractivity contribution in [3.63, 3.8) is 0 Å². The molecule has 0 radical (unpaired) electrons. The van der Waals surface area contributed by atoms with Crippen molar-refractivity contribution in [3.8, 4) is 11.5 Å². The van der Waals surface area contributed by atoms with Crippen LogP contribution in [0.4, 0.5) is 0 Å². The van der Waals surface area contributed by atoms with E-state index in [-0.39, 0.29) is 5.75 Å². The fourth-order valence-electron chi connectivity index (χ4n) is 2.76. The number of hydrogen-bond acceptors (Lipinski definition) is 4. The Morgan fingerprint density at radius 3 is 2.61 bits per heavy atom. The zero-order valence-electron chi connectivity index (χ0n) is 10.7. The first kappa shape index (κ1) is 12.7. The lowest BCUT2D eigenvalue weighted by Crippen LogP contribution is -2.20. The van der Waals surface area contributed by atoms with Gasteiger partial charge in [-0.05, 0) is 31.4 Å². The number of aliphatic imine (C=N–C) groups is 1. The molecule has 1 aliphatic carbocycles. The highest BCUT2D eigenvalue weighted by atomic mass is 16.5. The second-order valence-electron chi connectivity index (χ2n) is 4.75. The van der Waals surface area contributed by atoms with Crippen LogP contribution >= 0.6 is 0 Å². The Morgan fingerprint density at radius 1 is 1.39 bits per heavy atom. The molecule has 0 atom stereocenters. The lowest BCUT2D eigenvalue weighted by atomic mass is 9.86. The highest BCUT2D eigenvalue weighted by Gasteiger charge is 2.40. The van der Waals surface area contributed by atoms with Gasteiger partial charge >= 0.3 is 0 Å². The van der Waals surface area contributed by atoms with Crippen LogP contribution in [-0.2, 0) is 10.3 Å². The van der Waals surface area contributed by atoms with Crippen molar-refractivity contribution in [2.75, 3.05) is 7.11 Å². The van der Waals surface area contributed by atoms with Crippen molar-refractivity contribution >= 4 is 6.08 Å². The number of methoxy groups -OCH3 is 1.